The number of carbonyl (C=O) groups is 1. The lowest BCUT2D eigenvalue weighted by Crippen LogP contribution is -2.46. The van der Waals surface area contributed by atoms with Gasteiger partial charge in [-0.05, 0) is 52.5 Å². The first kappa shape index (κ1) is 17.8. The van der Waals surface area contributed by atoms with E-state index in [-0.39, 0.29) is 12.1 Å². The van der Waals surface area contributed by atoms with Crippen molar-refractivity contribution in [3.05, 3.63) is 0 Å². The van der Waals surface area contributed by atoms with Crippen LogP contribution in [0.3, 0.4) is 0 Å². The Morgan fingerprint density at radius 3 is 2.81 bits per heavy atom. The zero-order valence-corrected chi connectivity index (χ0v) is 13.8. The van der Waals surface area contributed by atoms with Crippen molar-refractivity contribution in [1.82, 2.24) is 10.2 Å². The van der Waals surface area contributed by atoms with E-state index in [1.165, 1.54) is 0 Å². The fourth-order valence-corrected chi connectivity index (χ4v) is 2.53. The van der Waals surface area contributed by atoms with E-state index in [1.54, 1.807) is 0 Å². The van der Waals surface area contributed by atoms with Gasteiger partial charge in [0.25, 0.3) is 0 Å². The van der Waals surface area contributed by atoms with Crippen LogP contribution in [0.5, 0.6) is 0 Å². The Morgan fingerprint density at radius 1 is 1.52 bits per heavy atom. The molecular weight excluding hydrogens is 266 g/mol. The van der Waals surface area contributed by atoms with E-state index in [2.05, 4.69) is 18.3 Å². The van der Waals surface area contributed by atoms with Crippen LogP contribution in [0.15, 0.2) is 0 Å². The minimum absolute atomic E-state index is 0.212. The highest BCUT2D eigenvalue weighted by atomic mass is 16.6. The lowest BCUT2D eigenvalue weighted by Gasteiger charge is -2.34. The Hall–Kier alpha value is -1.28. The molecule has 0 aromatic rings. The molecule has 0 bridgehead atoms. The number of nitrogens with one attached hydrogen (secondary N) is 1. The van der Waals surface area contributed by atoms with Crippen LogP contribution in [0.4, 0.5) is 4.79 Å². The van der Waals surface area contributed by atoms with E-state index in [4.69, 9.17) is 10.00 Å². The maximum Gasteiger partial charge on any atom is 0.410 e. The predicted octanol–water partition coefficient (Wildman–Crippen LogP) is 2.92. The van der Waals surface area contributed by atoms with E-state index in [0.29, 0.717) is 12.3 Å². The third kappa shape index (κ3) is 6.81. The predicted molar refractivity (Wildman–Crippen MR) is 82.8 cm³/mol. The fourth-order valence-electron chi connectivity index (χ4n) is 2.53. The topological polar surface area (TPSA) is 65.4 Å². The summed E-state index contributed by atoms with van der Waals surface area (Å²) < 4.78 is 5.43. The average Bonchev–Trinajstić information content (AvgIpc) is 2.42. The number of hydrogen-bond acceptors (Lipinski definition) is 4. The number of nitriles is 1. The van der Waals surface area contributed by atoms with Crippen molar-refractivity contribution in [1.29, 1.82) is 5.26 Å². The van der Waals surface area contributed by atoms with Gasteiger partial charge in [0.05, 0.1) is 12.5 Å². The smallest absolute Gasteiger partial charge is 0.410 e. The van der Waals surface area contributed by atoms with Crippen molar-refractivity contribution < 1.29 is 9.53 Å². The van der Waals surface area contributed by atoms with E-state index in [1.807, 2.05) is 25.7 Å². The number of hydrogen-bond donors (Lipinski definition) is 1. The number of ether oxygens (including phenoxy) is 1. The van der Waals surface area contributed by atoms with Gasteiger partial charge in [0.2, 0.25) is 0 Å². The first-order chi connectivity index (χ1) is 9.85. The molecule has 21 heavy (non-hydrogen) atoms. The van der Waals surface area contributed by atoms with Gasteiger partial charge in [-0.25, -0.2) is 4.79 Å². The fraction of sp³-hybridized carbons (Fsp3) is 0.875. The van der Waals surface area contributed by atoms with Gasteiger partial charge >= 0.3 is 6.09 Å². The Balaban J connectivity index is 2.42. The molecule has 1 rings (SSSR count). The molecule has 5 heteroatoms. The molecule has 0 aliphatic carbocycles. The van der Waals surface area contributed by atoms with Gasteiger partial charge in [-0.3, -0.25) is 0 Å². The van der Waals surface area contributed by atoms with Gasteiger partial charge in [-0.15, -0.1) is 0 Å². The number of carbonyl (C=O) groups excluding carboxylic acids is 1. The molecule has 1 saturated heterocycles. The summed E-state index contributed by atoms with van der Waals surface area (Å²) in [6.45, 7) is 10.1. The minimum atomic E-state index is -0.442. The number of likely N-dealkylation sites (tertiary alicyclic amines) is 1. The third-order valence-corrected chi connectivity index (χ3v) is 3.70. The highest BCUT2D eigenvalue weighted by Gasteiger charge is 2.27. The minimum Gasteiger partial charge on any atom is -0.444 e. The summed E-state index contributed by atoms with van der Waals surface area (Å²) in [6, 6.07) is 2.47. The van der Waals surface area contributed by atoms with Crippen molar-refractivity contribution in [3.63, 3.8) is 0 Å². The number of nitrogens with zero attached hydrogens (tertiary/aromatic N) is 2. The standard InChI is InChI=1S/C16H29N3O2/c1-5-14(8-9-17)18-11-13-7-6-10-19(12-13)15(20)21-16(2,3)4/h13-14,18H,5-8,10-12H2,1-4H3. The largest absolute Gasteiger partial charge is 0.444 e. The summed E-state index contributed by atoms with van der Waals surface area (Å²) in [4.78, 5) is 13.9. The average molecular weight is 295 g/mol. The van der Waals surface area contributed by atoms with Crippen LogP contribution in [0, 0.1) is 17.2 Å². The molecular formula is C16H29N3O2. The van der Waals surface area contributed by atoms with Gasteiger partial charge in [-0.1, -0.05) is 6.92 Å². The molecule has 5 nitrogen and oxygen atoms in total. The van der Waals surface area contributed by atoms with Gasteiger partial charge < -0.3 is 15.0 Å². The second kappa shape index (κ2) is 8.23. The zero-order chi connectivity index (χ0) is 15.9. The van der Waals surface area contributed by atoms with Crippen LogP contribution in [0.25, 0.3) is 0 Å². The Morgan fingerprint density at radius 2 is 2.24 bits per heavy atom. The number of amides is 1. The van der Waals surface area contributed by atoms with Crippen LogP contribution >= 0.6 is 0 Å². The summed E-state index contributed by atoms with van der Waals surface area (Å²) in [5, 5.41) is 12.2. The second-order valence-electron chi connectivity index (χ2n) is 6.81. The second-order valence-corrected chi connectivity index (χ2v) is 6.81. The molecule has 1 amide bonds. The first-order valence-corrected chi connectivity index (χ1v) is 7.94. The molecule has 1 N–H and O–H groups in total. The van der Waals surface area contributed by atoms with Crippen LogP contribution in [-0.2, 0) is 4.74 Å². The van der Waals surface area contributed by atoms with E-state index < -0.39 is 5.60 Å². The summed E-state index contributed by atoms with van der Waals surface area (Å²) in [5.41, 5.74) is -0.442. The Labute approximate surface area is 128 Å². The monoisotopic (exact) mass is 295 g/mol. The van der Waals surface area contributed by atoms with Crippen LogP contribution in [0.2, 0.25) is 0 Å². The van der Waals surface area contributed by atoms with Crippen molar-refractivity contribution >= 4 is 6.09 Å². The van der Waals surface area contributed by atoms with Crippen molar-refractivity contribution in [2.24, 2.45) is 5.92 Å². The van der Waals surface area contributed by atoms with Crippen LogP contribution < -0.4 is 5.32 Å². The van der Waals surface area contributed by atoms with Crippen molar-refractivity contribution in [2.45, 2.75) is 65.0 Å². The summed E-state index contributed by atoms with van der Waals surface area (Å²) in [5.74, 6) is 0.444. The summed E-state index contributed by atoms with van der Waals surface area (Å²) in [7, 11) is 0. The molecule has 2 unspecified atom stereocenters. The maximum atomic E-state index is 12.1. The highest BCUT2D eigenvalue weighted by molar-refractivity contribution is 5.68. The molecule has 0 aromatic heterocycles. The summed E-state index contributed by atoms with van der Waals surface area (Å²) >= 11 is 0. The zero-order valence-electron chi connectivity index (χ0n) is 13.8. The molecule has 1 heterocycles. The highest BCUT2D eigenvalue weighted by Crippen LogP contribution is 2.19. The summed E-state index contributed by atoms with van der Waals surface area (Å²) in [6.07, 6.45) is 3.42. The van der Waals surface area contributed by atoms with Gasteiger partial charge in [0.1, 0.15) is 5.60 Å². The maximum absolute atomic E-state index is 12.1. The van der Waals surface area contributed by atoms with E-state index in [9.17, 15) is 4.79 Å². The molecule has 1 aliphatic heterocycles. The molecule has 0 spiro atoms. The number of rotatable bonds is 5. The molecule has 1 aliphatic rings. The van der Waals surface area contributed by atoms with E-state index >= 15 is 0 Å². The molecule has 0 radical (unpaired) electrons. The lowest BCUT2D eigenvalue weighted by molar-refractivity contribution is 0.0165. The van der Waals surface area contributed by atoms with Crippen LogP contribution in [0.1, 0.15) is 53.4 Å². The molecule has 2 atom stereocenters. The normalized spacial score (nSPS) is 20.7. The Kier molecular flexibility index (Phi) is 6.97. The van der Waals surface area contributed by atoms with E-state index in [0.717, 1.165) is 38.9 Å². The molecule has 120 valence electrons. The van der Waals surface area contributed by atoms with Gasteiger partial charge in [0, 0.05) is 19.1 Å². The first-order valence-electron chi connectivity index (χ1n) is 7.94. The van der Waals surface area contributed by atoms with Gasteiger partial charge in [-0.2, -0.15) is 5.26 Å². The molecule has 0 aromatic carbocycles. The van der Waals surface area contributed by atoms with Crippen LogP contribution in [-0.4, -0.2) is 42.3 Å². The van der Waals surface area contributed by atoms with Crippen molar-refractivity contribution in [2.75, 3.05) is 19.6 Å². The lowest BCUT2D eigenvalue weighted by atomic mass is 9.97. The molecule has 0 saturated carbocycles. The number of piperidine rings is 1. The van der Waals surface area contributed by atoms with Gasteiger partial charge in [0.15, 0.2) is 0 Å². The molecule has 1 fully saturated rings. The third-order valence-electron chi connectivity index (χ3n) is 3.70. The SMILES string of the molecule is CCC(CC#N)NCC1CCCN(C(=O)OC(C)(C)C)C1. The Bertz CT molecular complexity index is 371. The van der Waals surface area contributed by atoms with Crippen molar-refractivity contribution in [3.8, 4) is 6.07 Å². The quantitative estimate of drug-likeness (QED) is 0.847.